The molecule has 2 heterocycles. The summed E-state index contributed by atoms with van der Waals surface area (Å²) in [5.74, 6) is -1.95. The Morgan fingerprint density at radius 3 is 2.56 bits per heavy atom. The maximum atomic E-state index is 14.8. The van der Waals surface area contributed by atoms with E-state index >= 15 is 0 Å². The predicted octanol–water partition coefficient (Wildman–Crippen LogP) is 3.89. The molecule has 0 radical (unpaired) electrons. The van der Waals surface area contributed by atoms with Crippen LogP contribution in [0.25, 0.3) is 16.6 Å². The second kappa shape index (κ2) is 8.38. The van der Waals surface area contributed by atoms with Gasteiger partial charge >= 0.3 is 0 Å². The third-order valence-electron chi connectivity index (χ3n) is 4.81. The van der Waals surface area contributed by atoms with Crippen LogP contribution in [0.4, 0.5) is 20.2 Å². The van der Waals surface area contributed by atoms with E-state index < -0.39 is 22.8 Å². The first kappa shape index (κ1) is 20.9. The lowest BCUT2D eigenvalue weighted by Gasteiger charge is -2.15. The van der Waals surface area contributed by atoms with E-state index in [4.69, 9.17) is 5.73 Å². The topological polar surface area (TPSA) is 102 Å². The smallest absolute Gasteiger partial charge is 0.200 e. The summed E-state index contributed by atoms with van der Waals surface area (Å²) in [4.78, 5) is 28.7. The summed E-state index contributed by atoms with van der Waals surface area (Å²) < 4.78 is 30.8. The first-order chi connectivity index (χ1) is 15.3. The number of halogens is 2. The molecule has 0 aliphatic heterocycles. The Morgan fingerprint density at radius 2 is 1.88 bits per heavy atom. The number of rotatable bonds is 5. The minimum absolute atomic E-state index is 0.0395. The van der Waals surface area contributed by atoms with Gasteiger partial charge in [0, 0.05) is 29.7 Å². The third kappa shape index (κ3) is 3.95. The molecule has 0 unspecified atom stereocenters. The van der Waals surface area contributed by atoms with Gasteiger partial charge in [0.15, 0.2) is 11.2 Å². The third-order valence-corrected chi connectivity index (χ3v) is 4.81. The van der Waals surface area contributed by atoms with Crippen LogP contribution < -0.4 is 16.6 Å². The molecule has 0 aliphatic carbocycles. The first-order valence-electron chi connectivity index (χ1n) is 9.49. The molecule has 160 valence electrons. The van der Waals surface area contributed by atoms with Crippen molar-refractivity contribution in [3.63, 3.8) is 0 Å². The molecule has 0 amide bonds. The number of pyridine rings is 2. The van der Waals surface area contributed by atoms with E-state index in [2.05, 4.69) is 15.5 Å². The van der Waals surface area contributed by atoms with E-state index in [1.165, 1.54) is 42.1 Å². The van der Waals surface area contributed by atoms with Gasteiger partial charge in [-0.1, -0.05) is 0 Å². The standard InChI is InChI=1S/C23H17F2N5O2/c1-13(31)17-12-30(21-3-2-15(26)8-19(21)25)22-10-20(18(24)9-16(22)23(17)32)29-28-11-14-4-6-27-7-5-14/h2-12,29H,26H2,1H3/b28-11+. The van der Waals surface area contributed by atoms with E-state index in [1.54, 1.807) is 24.5 Å². The first-order valence-corrected chi connectivity index (χ1v) is 9.49. The average Bonchev–Trinajstić information content (AvgIpc) is 2.76. The molecule has 4 aromatic rings. The van der Waals surface area contributed by atoms with Crippen LogP contribution in [0.1, 0.15) is 22.8 Å². The van der Waals surface area contributed by atoms with Crippen molar-refractivity contribution in [1.82, 2.24) is 9.55 Å². The maximum Gasteiger partial charge on any atom is 0.200 e. The second-order valence-electron chi connectivity index (χ2n) is 7.01. The van der Waals surface area contributed by atoms with Crippen LogP contribution in [0.3, 0.4) is 0 Å². The summed E-state index contributed by atoms with van der Waals surface area (Å²) >= 11 is 0. The Hall–Kier alpha value is -4.40. The molecule has 0 saturated carbocycles. The van der Waals surface area contributed by atoms with Crippen molar-refractivity contribution in [2.45, 2.75) is 6.92 Å². The van der Waals surface area contributed by atoms with Crippen molar-refractivity contribution in [2.75, 3.05) is 11.2 Å². The van der Waals surface area contributed by atoms with E-state index in [9.17, 15) is 18.4 Å². The zero-order chi connectivity index (χ0) is 22.8. The van der Waals surface area contributed by atoms with Gasteiger partial charge in [-0.15, -0.1) is 0 Å². The zero-order valence-electron chi connectivity index (χ0n) is 16.8. The number of carbonyl (C=O) groups is 1. The van der Waals surface area contributed by atoms with Gasteiger partial charge in [0.2, 0.25) is 0 Å². The summed E-state index contributed by atoms with van der Waals surface area (Å²) in [6, 6.07) is 9.78. The van der Waals surface area contributed by atoms with E-state index in [0.717, 1.165) is 17.7 Å². The minimum Gasteiger partial charge on any atom is -0.399 e. The molecule has 0 fully saturated rings. The molecule has 0 spiro atoms. The summed E-state index contributed by atoms with van der Waals surface area (Å²) in [6.45, 7) is 1.21. The molecule has 7 nitrogen and oxygen atoms in total. The largest absolute Gasteiger partial charge is 0.399 e. The summed E-state index contributed by atoms with van der Waals surface area (Å²) in [6.07, 6.45) is 5.88. The van der Waals surface area contributed by atoms with Crippen LogP contribution in [0.15, 0.2) is 71.0 Å². The van der Waals surface area contributed by atoms with Crippen molar-refractivity contribution >= 4 is 34.3 Å². The number of nitrogens with zero attached hydrogens (tertiary/aromatic N) is 3. The Balaban J connectivity index is 1.90. The van der Waals surface area contributed by atoms with Gasteiger partial charge in [0.1, 0.15) is 11.6 Å². The van der Waals surface area contributed by atoms with E-state index in [0.29, 0.717) is 0 Å². The van der Waals surface area contributed by atoms with E-state index in [1.807, 2.05) is 0 Å². The second-order valence-corrected chi connectivity index (χ2v) is 7.01. The summed E-state index contributed by atoms with van der Waals surface area (Å²) in [5.41, 5.74) is 8.53. The molecular weight excluding hydrogens is 416 g/mol. The number of nitrogens with one attached hydrogen (secondary N) is 1. The van der Waals surface area contributed by atoms with E-state index in [-0.39, 0.29) is 33.5 Å². The monoisotopic (exact) mass is 433 g/mol. The number of fused-ring (bicyclic) bond motifs is 1. The van der Waals surface area contributed by atoms with Crippen LogP contribution in [-0.2, 0) is 0 Å². The predicted molar refractivity (Wildman–Crippen MR) is 119 cm³/mol. The van der Waals surface area contributed by atoms with Crippen molar-refractivity contribution in [1.29, 1.82) is 0 Å². The molecule has 3 N–H and O–H groups in total. The van der Waals surface area contributed by atoms with Crippen LogP contribution >= 0.6 is 0 Å². The number of nitrogens with two attached hydrogens (primary N) is 1. The molecule has 2 aromatic heterocycles. The molecule has 0 aliphatic rings. The normalized spacial score (nSPS) is 11.2. The highest BCUT2D eigenvalue weighted by atomic mass is 19.1. The fourth-order valence-electron chi connectivity index (χ4n) is 3.23. The molecule has 0 bridgehead atoms. The Labute approximate surface area is 180 Å². The van der Waals surface area contributed by atoms with Gasteiger partial charge in [-0.25, -0.2) is 8.78 Å². The summed E-state index contributed by atoms with van der Waals surface area (Å²) in [7, 11) is 0. The highest BCUT2D eigenvalue weighted by molar-refractivity contribution is 5.98. The van der Waals surface area contributed by atoms with Crippen molar-refractivity contribution in [3.8, 4) is 5.69 Å². The maximum absolute atomic E-state index is 14.8. The highest BCUT2D eigenvalue weighted by Crippen LogP contribution is 2.26. The summed E-state index contributed by atoms with van der Waals surface area (Å²) in [5, 5.41) is 3.93. The lowest BCUT2D eigenvalue weighted by Crippen LogP contribution is -2.18. The number of anilines is 2. The van der Waals surface area contributed by atoms with Gasteiger partial charge in [-0.05, 0) is 55.0 Å². The number of ketones is 1. The Kier molecular flexibility index (Phi) is 5.46. The average molecular weight is 433 g/mol. The minimum atomic E-state index is -0.758. The Morgan fingerprint density at radius 1 is 1.12 bits per heavy atom. The van der Waals surface area contributed by atoms with Gasteiger partial charge in [0.25, 0.3) is 0 Å². The number of benzene rings is 2. The number of aromatic nitrogens is 2. The van der Waals surface area contributed by atoms with Gasteiger partial charge < -0.3 is 10.3 Å². The lowest BCUT2D eigenvalue weighted by molar-refractivity contribution is 0.101. The molecule has 2 aromatic carbocycles. The molecular formula is C23H17F2N5O2. The lowest BCUT2D eigenvalue weighted by atomic mass is 10.1. The SMILES string of the molecule is CC(=O)c1cn(-c2ccc(N)cc2F)c2cc(N/N=C/c3ccncc3)c(F)cc2c1=O. The van der Waals surface area contributed by atoms with Crippen LogP contribution in [-0.4, -0.2) is 21.5 Å². The van der Waals surface area contributed by atoms with Crippen molar-refractivity contribution in [3.05, 3.63) is 94.0 Å². The van der Waals surface area contributed by atoms with Gasteiger partial charge in [-0.2, -0.15) is 5.10 Å². The number of carbonyl (C=O) groups excluding carboxylic acids is 1. The number of hydrogen-bond acceptors (Lipinski definition) is 6. The number of hydrogen-bond donors (Lipinski definition) is 2. The number of hydrazone groups is 1. The van der Waals surface area contributed by atoms with Crippen LogP contribution in [0, 0.1) is 11.6 Å². The quantitative estimate of drug-likeness (QED) is 0.215. The number of Topliss-reactive ketones (excluding diaryl/α,β-unsaturated/α-hetero) is 1. The van der Waals surface area contributed by atoms with Gasteiger partial charge in [-0.3, -0.25) is 20.0 Å². The molecule has 32 heavy (non-hydrogen) atoms. The number of nitrogen functional groups attached to an aromatic ring is 1. The highest BCUT2D eigenvalue weighted by Gasteiger charge is 2.18. The van der Waals surface area contributed by atoms with Crippen LogP contribution in [0.5, 0.6) is 0 Å². The van der Waals surface area contributed by atoms with Crippen molar-refractivity contribution < 1.29 is 13.6 Å². The molecule has 4 rings (SSSR count). The zero-order valence-corrected chi connectivity index (χ0v) is 16.8. The van der Waals surface area contributed by atoms with Gasteiger partial charge in [0.05, 0.1) is 28.7 Å². The fourth-order valence-corrected chi connectivity index (χ4v) is 3.23. The molecule has 9 heteroatoms. The molecule has 0 saturated heterocycles. The van der Waals surface area contributed by atoms with Crippen molar-refractivity contribution in [2.24, 2.45) is 5.10 Å². The molecule has 0 atom stereocenters. The fraction of sp³-hybridized carbons (Fsp3) is 0.0435. The Bertz CT molecular complexity index is 1430. The van der Waals surface area contributed by atoms with Crippen LogP contribution in [0.2, 0.25) is 0 Å².